The number of aliphatic hydroxyl groups excluding tert-OH is 2. The summed E-state index contributed by atoms with van der Waals surface area (Å²) >= 11 is 0. The lowest BCUT2D eigenvalue weighted by Crippen LogP contribution is -2.08. The van der Waals surface area contributed by atoms with Gasteiger partial charge in [0.05, 0.1) is 26.4 Å². The second kappa shape index (κ2) is 32.9. The number of rotatable bonds is 12. The predicted molar refractivity (Wildman–Crippen MR) is 135 cm³/mol. The van der Waals surface area contributed by atoms with Gasteiger partial charge in [0.15, 0.2) is 0 Å². The molecule has 0 amide bonds. The van der Waals surface area contributed by atoms with E-state index in [1.165, 1.54) is 0 Å². The van der Waals surface area contributed by atoms with Gasteiger partial charge in [0.25, 0.3) is 0 Å². The summed E-state index contributed by atoms with van der Waals surface area (Å²) in [5.41, 5.74) is 0.812. The second-order valence-corrected chi connectivity index (χ2v) is 6.02. The van der Waals surface area contributed by atoms with Gasteiger partial charge in [0.2, 0.25) is 0 Å². The smallest absolute Gasteiger partial charge is 0.333 e. The molecule has 0 spiro atoms. The van der Waals surface area contributed by atoms with E-state index in [1.807, 2.05) is 13.8 Å². The molecule has 0 bridgehead atoms. The molecule has 0 aliphatic rings. The van der Waals surface area contributed by atoms with Crippen LogP contribution >= 0.6 is 0 Å². The van der Waals surface area contributed by atoms with E-state index in [0.29, 0.717) is 24.4 Å². The normalized spacial score (nSPS) is 8.17. The van der Waals surface area contributed by atoms with Crippen LogP contribution in [0, 0.1) is 0 Å². The van der Waals surface area contributed by atoms with E-state index in [2.05, 4.69) is 40.5 Å². The Balaban J connectivity index is -0.000000113. The molecule has 0 aliphatic heterocycles. The molecule has 0 aliphatic carbocycles. The summed E-state index contributed by atoms with van der Waals surface area (Å²) < 4.78 is 18.1. The van der Waals surface area contributed by atoms with Gasteiger partial charge in [0.1, 0.15) is 13.2 Å². The first kappa shape index (κ1) is 42.0. The third-order valence-corrected chi connectivity index (χ3v) is 2.58. The minimum Gasteiger partial charge on any atom is -0.463 e. The largest absolute Gasteiger partial charge is 0.463 e. The van der Waals surface area contributed by atoms with E-state index < -0.39 is 11.9 Å². The van der Waals surface area contributed by atoms with Crippen molar-refractivity contribution in [2.45, 2.75) is 48.0 Å². The van der Waals surface area contributed by atoms with Gasteiger partial charge in [0, 0.05) is 23.3 Å². The van der Waals surface area contributed by atoms with E-state index in [-0.39, 0.29) is 45.8 Å². The van der Waals surface area contributed by atoms with Crippen molar-refractivity contribution >= 4 is 23.9 Å². The summed E-state index contributed by atoms with van der Waals surface area (Å²) in [5.74, 6) is -1.59. The maximum Gasteiger partial charge on any atom is 0.333 e. The van der Waals surface area contributed by atoms with Crippen molar-refractivity contribution < 1.29 is 48.3 Å². The van der Waals surface area contributed by atoms with Crippen LogP contribution < -0.4 is 0 Å². The van der Waals surface area contributed by atoms with E-state index in [9.17, 15) is 19.2 Å². The van der Waals surface area contributed by atoms with Crippen LogP contribution in [-0.4, -0.2) is 73.7 Å². The SMILES string of the molecule is C.C=C(C)C(=O)OCCC.C=C(C)C(=O)OCCO.C=CC(=O)OCCC.C=CC(=O)OCCO. The standard InChI is InChI=1S/C7H12O2.C6H10O3.C6H10O2.C5H8O3.CH4/c1-4-5-9-7(8)6(2)3;1-5(2)6(8)9-4-3-7;1-3-5-8-6(7)4-2;1-2-5(7)8-4-3-6;/h2,4-5H2,1,3H3;7H,1,3-4H2,2H3;4H,2-3,5H2,1H3;2,6H,1,3-4H2;1H4. The molecule has 0 saturated heterocycles. The van der Waals surface area contributed by atoms with E-state index in [1.54, 1.807) is 13.8 Å². The van der Waals surface area contributed by atoms with E-state index in [0.717, 1.165) is 25.0 Å². The van der Waals surface area contributed by atoms with Crippen LogP contribution in [0.1, 0.15) is 48.0 Å². The fraction of sp³-hybridized carbons (Fsp3) is 0.520. The average molecular weight is 505 g/mol. The Kier molecular flexibility index (Phi) is 39.5. The van der Waals surface area contributed by atoms with Crippen molar-refractivity contribution in [3.8, 4) is 0 Å². The average Bonchev–Trinajstić information content (AvgIpc) is 2.83. The van der Waals surface area contributed by atoms with Crippen molar-refractivity contribution in [1.82, 2.24) is 0 Å². The van der Waals surface area contributed by atoms with Gasteiger partial charge >= 0.3 is 23.9 Å². The van der Waals surface area contributed by atoms with Gasteiger partial charge in [-0.2, -0.15) is 0 Å². The number of hydrogen-bond acceptors (Lipinski definition) is 10. The van der Waals surface area contributed by atoms with Crippen molar-refractivity contribution in [2.75, 3.05) is 39.6 Å². The Labute approximate surface area is 209 Å². The summed E-state index contributed by atoms with van der Waals surface area (Å²) in [6.45, 7) is 21.1. The highest BCUT2D eigenvalue weighted by molar-refractivity contribution is 5.87. The first-order valence-corrected chi connectivity index (χ1v) is 10.4. The van der Waals surface area contributed by atoms with Gasteiger partial charge in [-0.25, -0.2) is 19.2 Å². The number of carbonyl (C=O) groups excluding carboxylic acids is 4. The molecule has 0 aromatic carbocycles. The molecule has 0 radical (unpaired) electrons. The molecule has 10 nitrogen and oxygen atoms in total. The lowest BCUT2D eigenvalue weighted by molar-refractivity contribution is -0.140. The molecule has 0 atom stereocenters. The molecule has 10 heteroatoms. The quantitative estimate of drug-likeness (QED) is 0.231. The Hall–Kier alpha value is -3.24. The molecular weight excluding hydrogens is 460 g/mol. The van der Waals surface area contributed by atoms with Gasteiger partial charge in [-0.05, 0) is 26.7 Å². The fourth-order valence-corrected chi connectivity index (χ4v) is 1.05. The lowest BCUT2D eigenvalue weighted by atomic mass is 10.4. The number of ether oxygens (including phenoxy) is 4. The van der Waals surface area contributed by atoms with Crippen LogP contribution in [0.5, 0.6) is 0 Å². The van der Waals surface area contributed by atoms with Gasteiger partial charge < -0.3 is 29.2 Å². The maximum absolute atomic E-state index is 10.6. The van der Waals surface area contributed by atoms with Gasteiger partial charge in [-0.15, -0.1) is 0 Å². The van der Waals surface area contributed by atoms with Crippen LogP contribution in [0.2, 0.25) is 0 Å². The molecular formula is C25H44O10. The fourth-order valence-electron chi connectivity index (χ4n) is 1.05. The first-order chi connectivity index (χ1) is 16.0. The van der Waals surface area contributed by atoms with Crippen LogP contribution in [0.4, 0.5) is 0 Å². The van der Waals surface area contributed by atoms with Crippen LogP contribution in [0.25, 0.3) is 0 Å². The number of carbonyl (C=O) groups is 4. The molecule has 0 aromatic rings. The third-order valence-electron chi connectivity index (χ3n) is 2.58. The molecule has 204 valence electrons. The highest BCUT2D eigenvalue weighted by Gasteiger charge is 2.00. The molecule has 0 rings (SSSR count). The highest BCUT2D eigenvalue weighted by atomic mass is 16.5. The molecule has 35 heavy (non-hydrogen) atoms. The van der Waals surface area contributed by atoms with Crippen LogP contribution in [0.15, 0.2) is 49.6 Å². The van der Waals surface area contributed by atoms with E-state index >= 15 is 0 Å². The van der Waals surface area contributed by atoms with Crippen molar-refractivity contribution in [3.05, 3.63) is 49.6 Å². The number of hydrogen-bond donors (Lipinski definition) is 2. The topological polar surface area (TPSA) is 146 Å². The van der Waals surface area contributed by atoms with Gasteiger partial charge in [-0.3, -0.25) is 0 Å². The zero-order valence-corrected chi connectivity index (χ0v) is 20.8. The summed E-state index contributed by atoms with van der Waals surface area (Å²) in [4.78, 5) is 41.4. The van der Waals surface area contributed by atoms with Crippen LogP contribution in [-0.2, 0) is 38.1 Å². The molecule has 2 N–H and O–H groups in total. The molecule has 0 aromatic heterocycles. The second-order valence-electron chi connectivity index (χ2n) is 6.02. The lowest BCUT2D eigenvalue weighted by Gasteiger charge is -1.99. The monoisotopic (exact) mass is 504 g/mol. The highest BCUT2D eigenvalue weighted by Crippen LogP contribution is 1.92. The summed E-state index contributed by atoms with van der Waals surface area (Å²) in [6.07, 6.45) is 3.93. The Morgan fingerprint density at radius 1 is 0.657 bits per heavy atom. The third kappa shape index (κ3) is 41.5. The zero-order chi connectivity index (χ0) is 27.4. The molecule has 0 saturated carbocycles. The predicted octanol–water partition coefficient (Wildman–Crippen LogP) is 3.08. The summed E-state index contributed by atoms with van der Waals surface area (Å²) in [5, 5.41) is 16.3. The van der Waals surface area contributed by atoms with Crippen molar-refractivity contribution in [1.29, 1.82) is 0 Å². The van der Waals surface area contributed by atoms with Crippen molar-refractivity contribution in [2.24, 2.45) is 0 Å². The molecule has 0 fully saturated rings. The van der Waals surface area contributed by atoms with E-state index in [4.69, 9.17) is 14.9 Å². The maximum atomic E-state index is 10.6. The first-order valence-electron chi connectivity index (χ1n) is 10.4. The minimum atomic E-state index is -0.501. The zero-order valence-electron chi connectivity index (χ0n) is 20.8. The molecule has 0 unspecified atom stereocenters. The van der Waals surface area contributed by atoms with Gasteiger partial charge in [-0.1, -0.05) is 47.6 Å². The summed E-state index contributed by atoms with van der Waals surface area (Å²) in [6, 6.07) is 0. The number of esters is 4. The Morgan fingerprint density at radius 3 is 1.23 bits per heavy atom. The summed E-state index contributed by atoms with van der Waals surface area (Å²) in [7, 11) is 0. The van der Waals surface area contributed by atoms with Crippen molar-refractivity contribution in [3.63, 3.8) is 0 Å². The molecule has 0 heterocycles. The Morgan fingerprint density at radius 2 is 0.943 bits per heavy atom. The van der Waals surface area contributed by atoms with Crippen LogP contribution in [0.3, 0.4) is 0 Å². The number of aliphatic hydroxyl groups is 2. The minimum absolute atomic E-state index is 0. The Bertz CT molecular complexity index is 570.